The van der Waals surface area contributed by atoms with Gasteiger partial charge in [-0.1, -0.05) is 0 Å². The second kappa shape index (κ2) is 3.08. The summed E-state index contributed by atoms with van der Waals surface area (Å²) >= 11 is 0. The molecule has 1 atom stereocenters. The van der Waals surface area contributed by atoms with Crippen molar-refractivity contribution in [2.75, 3.05) is 0 Å². The van der Waals surface area contributed by atoms with Crippen LogP contribution in [0.1, 0.15) is 13.8 Å². The minimum atomic E-state index is -2.64. The van der Waals surface area contributed by atoms with Crippen molar-refractivity contribution in [1.29, 1.82) is 0 Å². The molecule has 3 nitrogen and oxygen atoms in total. The van der Waals surface area contributed by atoms with Gasteiger partial charge >= 0.3 is 8.25 Å². The fraction of sp³-hybridized carbons (Fsp3) is 1.00. The lowest BCUT2D eigenvalue weighted by Crippen LogP contribution is -1.99. The fourth-order valence-electron chi connectivity index (χ4n) is 0.172. The molecule has 0 aliphatic carbocycles. The molecule has 0 fully saturated rings. The molecule has 0 radical (unpaired) electrons. The Morgan fingerprint density at radius 3 is 2.14 bits per heavy atom. The van der Waals surface area contributed by atoms with Crippen molar-refractivity contribution in [2.45, 2.75) is 20.0 Å². The normalized spacial score (nSPS) is 12.3. The second-order valence-electron chi connectivity index (χ2n) is 1.38. The molecule has 0 amide bonds. The van der Waals surface area contributed by atoms with Gasteiger partial charge in [0.1, 0.15) is 6.10 Å². The van der Waals surface area contributed by atoms with E-state index in [1.54, 1.807) is 13.8 Å². The minimum Gasteiger partial charge on any atom is -0.566 e. The van der Waals surface area contributed by atoms with Gasteiger partial charge in [0.2, 0.25) is 0 Å². The first-order valence-electron chi connectivity index (χ1n) is 1.94. The molecule has 0 heterocycles. The Balaban J connectivity index is 3.13. The van der Waals surface area contributed by atoms with E-state index < -0.39 is 8.25 Å². The molecule has 0 spiro atoms. The van der Waals surface area contributed by atoms with Crippen LogP contribution in [-0.4, -0.2) is 6.10 Å². The van der Waals surface area contributed by atoms with Crippen LogP contribution in [0.4, 0.5) is 0 Å². The quantitative estimate of drug-likeness (QED) is 0.499. The van der Waals surface area contributed by atoms with Gasteiger partial charge in [0, 0.05) is 0 Å². The third-order valence-corrected chi connectivity index (χ3v) is 0.891. The SMILES string of the molecule is CC(C)O[P+](=O)[O-]. The van der Waals surface area contributed by atoms with Crippen molar-refractivity contribution in [1.82, 2.24) is 0 Å². The van der Waals surface area contributed by atoms with Gasteiger partial charge in [-0.25, -0.2) is 0 Å². The third-order valence-electron chi connectivity index (χ3n) is 0.297. The zero-order chi connectivity index (χ0) is 5.86. The van der Waals surface area contributed by atoms with E-state index in [0.717, 1.165) is 0 Å². The molecule has 0 N–H and O–H groups in total. The summed E-state index contributed by atoms with van der Waals surface area (Å²) < 4.78 is 13.8. The Bertz CT molecular complexity index is 70.6. The van der Waals surface area contributed by atoms with Crippen LogP contribution in [0.5, 0.6) is 0 Å². The van der Waals surface area contributed by atoms with Gasteiger partial charge in [0.25, 0.3) is 0 Å². The molecular weight excluding hydrogens is 115 g/mol. The maximum Gasteiger partial charge on any atom is 0.488 e. The molecule has 42 valence electrons. The van der Waals surface area contributed by atoms with Crippen LogP contribution < -0.4 is 4.89 Å². The molecule has 0 aromatic heterocycles. The minimum absolute atomic E-state index is 0.221. The molecule has 0 aromatic carbocycles. The smallest absolute Gasteiger partial charge is 0.488 e. The van der Waals surface area contributed by atoms with Crippen LogP contribution in [0.3, 0.4) is 0 Å². The van der Waals surface area contributed by atoms with Gasteiger partial charge in [-0.05, 0) is 18.4 Å². The maximum atomic E-state index is 9.62. The molecule has 0 aromatic rings. The predicted molar refractivity (Wildman–Crippen MR) is 23.8 cm³/mol. The van der Waals surface area contributed by atoms with Gasteiger partial charge < -0.3 is 4.89 Å². The van der Waals surface area contributed by atoms with Crippen molar-refractivity contribution in [2.24, 2.45) is 0 Å². The number of hydrogen-bond donors (Lipinski definition) is 0. The Labute approximate surface area is 43.3 Å². The van der Waals surface area contributed by atoms with Crippen molar-refractivity contribution in [3.8, 4) is 0 Å². The monoisotopic (exact) mass is 122 g/mol. The first-order valence-corrected chi connectivity index (χ1v) is 3.03. The van der Waals surface area contributed by atoms with E-state index in [-0.39, 0.29) is 6.10 Å². The van der Waals surface area contributed by atoms with E-state index >= 15 is 0 Å². The lowest BCUT2D eigenvalue weighted by atomic mass is 10.5. The van der Waals surface area contributed by atoms with E-state index in [4.69, 9.17) is 0 Å². The van der Waals surface area contributed by atoms with Crippen LogP contribution in [-0.2, 0) is 9.09 Å². The molecule has 0 aliphatic rings. The van der Waals surface area contributed by atoms with Crippen LogP contribution in [0.15, 0.2) is 0 Å². The highest BCUT2D eigenvalue weighted by molar-refractivity contribution is 7.30. The molecule has 0 bridgehead atoms. The summed E-state index contributed by atoms with van der Waals surface area (Å²) in [7, 11) is -2.64. The zero-order valence-electron chi connectivity index (χ0n) is 4.25. The Morgan fingerprint density at radius 2 is 2.14 bits per heavy atom. The third kappa shape index (κ3) is 6.02. The standard InChI is InChI=1S/C3H7O3P/c1-3(2)6-7(4)5/h3H,1-2H3. The molecule has 0 saturated heterocycles. The van der Waals surface area contributed by atoms with Gasteiger partial charge in [0.15, 0.2) is 0 Å². The molecule has 1 unspecified atom stereocenters. The summed E-state index contributed by atoms with van der Waals surface area (Å²) in [6, 6.07) is 0. The highest BCUT2D eigenvalue weighted by Gasteiger charge is 2.03. The average molecular weight is 122 g/mol. The molecule has 4 heteroatoms. The van der Waals surface area contributed by atoms with Crippen molar-refractivity contribution in [3.05, 3.63) is 0 Å². The first-order chi connectivity index (χ1) is 3.13. The van der Waals surface area contributed by atoms with E-state index in [1.165, 1.54) is 0 Å². The van der Waals surface area contributed by atoms with E-state index in [9.17, 15) is 9.46 Å². The molecule has 0 aliphatic heterocycles. The van der Waals surface area contributed by atoms with Gasteiger partial charge in [-0.2, -0.15) is 0 Å². The number of rotatable bonds is 2. The lowest BCUT2D eigenvalue weighted by Gasteiger charge is -1.91. The highest BCUT2D eigenvalue weighted by atomic mass is 31.1. The second-order valence-corrected chi connectivity index (χ2v) is 2.04. The van der Waals surface area contributed by atoms with Crippen molar-refractivity contribution < 1.29 is 14.0 Å². The van der Waals surface area contributed by atoms with E-state index in [2.05, 4.69) is 4.52 Å². The Morgan fingerprint density at radius 1 is 1.71 bits per heavy atom. The van der Waals surface area contributed by atoms with E-state index in [1.807, 2.05) is 0 Å². The highest BCUT2D eigenvalue weighted by Crippen LogP contribution is 2.11. The van der Waals surface area contributed by atoms with Gasteiger partial charge in [0.05, 0.1) is 0 Å². The summed E-state index contributed by atoms with van der Waals surface area (Å²) in [5.74, 6) is 0. The lowest BCUT2D eigenvalue weighted by molar-refractivity contribution is -0.188. The number of hydrogen-bond acceptors (Lipinski definition) is 3. The summed E-state index contributed by atoms with van der Waals surface area (Å²) in [5, 5.41) is 0. The average Bonchev–Trinajstić information content (AvgIpc) is 1.27. The maximum absolute atomic E-state index is 9.62. The molecule has 0 saturated carbocycles. The van der Waals surface area contributed by atoms with Gasteiger partial charge in [-0.3, -0.25) is 0 Å². The molecular formula is C3H7O3P. The Hall–Kier alpha value is 0.0200. The predicted octanol–water partition coefficient (Wildman–Crippen LogP) is 0.429. The Kier molecular flexibility index (Phi) is 3.09. The summed E-state index contributed by atoms with van der Waals surface area (Å²) in [4.78, 5) is 9.62. The summed E-state index contributed by atoms with van der Waals surface area (Å²) in [6.45, 7) is 3.32. The van der Waals surface area contributed by atoms with Crippen LogP contribution in [0.25, 0.3) is 0 Å². The van der Waals surface area contributed by atoms with Crippen LogP contribution in [0.2, 0.25) is 0 Å². The fourth-order valence-corrected chi connectivity index (χ4v) is 0.516. The van der Waals surface area contributed by atoms with Gasteiger partial charge in [-0.15, -0.1) is 4.52 Å². The van der Waals surface area contributed by atoms with Crippen LogP contribution >= 0.6 is 8.25 Å². The van der Waals surface area contributed by atoms with Crippen molar-refractivity contribution in [3.63, 3.8) is 0 Å². The van der Waals surface area contributed by atoms with E-state index in [0.29, 0.717) is 0 Å². The first kappa shape index (κ1) is 7.02. The van der Waals surface area contributed by atoms with Crippen LogP contribution in [0, 0.1) is 0 Å². The molecule has 7 heavy (non-hydrogen) atoms. The topological polar surface area (TPSA) is 49.4 Å². The largest absolute Gasteiger partial charge is 0.566 e. The van der Waals surface area contributed by atoms with Crippen molar-refractivity contribution >= 4 is 8.25 Å². The summed E-state index contributed by atoms with van der Waals surface area (Å²) in [5.41, 5.74) is 0. The zero-order valence-corrected chi connectivity index (χ0v) is 5.14. The molecule has 0 rings (SSSR count). The summed E-state index contributed by atoms with van der Waals surface area (Å²) in [6.07, 6.45) is -0.221.